The second kappa shape index (κ2) is 5.28. The van der Waals surface area contributed by atoms with Crippen molar-refractivity contribution in [2.75, 3.05) is 13.2 Å². The van der Waals surface area contributed by atoms with Gasteiger partial charge in [-0.05, 0) is 34.6 Å². The number of hydrogen-bond donors (Lipinski definition) is 1. The number of nitrogens with zero attached hydrogens (tertiary/aromatic N) is 1. The van der Waals surface area contributed by atoms with Gasteiger partial charge in [0.05, 0.1) is 19.3 Å². The molecule has 1 rings (SSSR count). The van der Waals surface area contributed by atoms with Crippen LogP contribution in [0.4, 0.5) is 4.79 Å². The number of aliphatic hydroxyl groups is 1. The third-order valence-electron chi connectivity index (χ3n) is 2.57. The van der Waals surface area contributed by atoms with Crippen molar-refractivity contribution in [3.05, 3.63) is 12.2 Å². The summed E-state index contributed by atoms with van der Waals surface area (Å²) in [6, 6.07) is -0.206. The molecule has 104 valence electrons. The molecule has 0 spiro atoms. The van der Waals surface area contributed by atoms with Crippen LogP contribution in [0.5, 0.6) is 0 Å². The fraction of sp³-hybridized carbons (Fsp3) is 0.769. The Bertz CT molecular complexity index is 330. The predicted molar refractivity (Wildman–Crippen MR) is 68.1 cm³/mol. The summed E-state index contributed by atoms with van der Waals surface area (Å²) in [5, 5.41) is 8.81. The summed E-state index contributed by atoms with van der Waals surface area (Å²) in [5.41, 5.74) is -1.24. The van der Waals surface area contributed by atoms with Crippen LogP contribution >= 0.6 is 0 Å². The highest BCUT2D eigenvalue weighted by atomic mass is 16.6. The highest BCUT2D eigenvalue weighted by molar-refractivity contribution is 5.70. The van der Waals surface area contributed by atoms with Crippen LogP contribution in [0.3, 0.4) is 0 Å². The lowest BCUT2D eigenvalue weighted by molar-refractivity contribution is -0.0610. The van der Waals surface area contributed by atoms with Gasteiger partial charge >= 0.3 is 6.09 Å². The van der Waals surface area contributed by atoms with E-state index in [0.717, 1.165) is 0 Å². The van der Waals surface area contributed by atoms with Gasteiger partial charge in [-0.1, -0.05) is 12.2 Å². The highest BCUT2D eigenvalue weighted by Gasteiger charge is 2.44. The quantitative estimate of drug-likeness (QED) is 0.768. The van der Waals surface area contributed by atoms with Gasteiger partial charge in [-0.2, -0.15) is 0 Å². The predicted octanol–water partition coefficient (Wildman–Crippen LogP) is 1.91. The van der Waals surface area contributed by atoms with E-state index in [0.29, 0.717) is 6.61 Å². The third-order valence-corrected chi connectivity index (χ3v) is 2.57. The van der Waals surface area contributed by atoms with Gasteiger partial charge < -0.3 is 14.6 Å². The molecule has 1 saturated heterocycles. The zero-order valence-electron chi connectivity index (χ0n) is 11.8. The minimum Gasteiger partial charge on any atom is -0.444 e. The lowest BCUT2D eigenvalue weighted by Gasteiger charge is -2.34. The number of ether oxygens (including phenoxy) is 2. The van der Waals surface area contributed by atoms with Crippen LogP contribution in [-0.2, 0) is 9.47 Å². The van der Waals surface area contributed by atoms with Crippen molar-refractivity contribution in [2.45, 2.75) is 52.0 Å². The van der Waals surface area contributed by atoms with Crippen LogP contribution < -0.4 is 0 Å². The molecule has 0 aromatic heterocycles. The van der Waals surface area contributed by atoms with Crippen molar-refractivity contribution in [3.63, 3.8) is 0 Å². The van der Waals surface area contributed by atoms with Crippen molar-refractivity contribution in [3.8, 4) is 0 Å². The number of amides is 1. The second-order valence-electron chi connectivity index (χ2n) is 5.79. The molecule has 0 aromatic rings. The molecule has 1 N–H and O–H groups in total. The summed E-state index contributed by atoms with van der Waals surface area (Å²) >= 11 is 0. The number of carbonyl (C=O) groups is 1. The Kier molecular flexibility index (Phi) is 4.40. The molecule has 1 heterocycles. The Morgan fingerprint density at radius 3 is 2.67 bits per heavy atom. The molecule has 0 bridgehead atoms. The van der Waals surface area contributed by atoms with Crippen LogP contribution in [0.25, 0.3) is 0 Å². The van der Waals surface area contributed by atoms with Gasteiger partial charge in [0.25, 0.3) is 0 Å². The Morgan fingerprint density at radius 1 is 1.56 bits per heavy atom. The fourth-order valence-electron chi connectivity index (χ4n) is 1.86. The Balaban J connectivity index is 2.85. The monoisotopic (exact) mass is 257 g/mol. The first kappa shape index (κ1) is 15.0. The van der Waals surface area contributed by atoms with Gasteiger partial charge in [-0.25, -0.2) is 4.79 Å². The number of aliphatic hydroxyl groups excluding tert-OH is 1. The zero-order chi connectivity index (χ0) is 14.0. The summed E-state index contributed by atoms with van der Waals surface area (Å²) < 4.78 is 11.0. The molecule has 0 radical (unpaired) electrons. The van der Waals surface area contributed by atoms with E-state index < -0.39 is 17.4 Å². The van der Waals surface area contributed by atoms with Crippen LogP contribution in [0.1, 0.15) is 34.6 Å². The SMILES string of the molecule is CC(C)(C)OC(=O)N1[C@H](/C=C\CO)COC1(C)C. The average molecular weight is 257 g/mol. The number of hydrogen-bond acceptors (Lipinski definition) is 4. The molecule has 1 fully saturated rings. The van der Waals surface area contributed by atoms with Crippen LogP contribution in [0.2, 0.25) is 0 Å². The van der Waals surface area contributed by atoms with E-state index in [4.69, 9.17) is 14.6 Å². The first-order valence-electron chi connectivity index (χ1n) is 6.11. The van der Waals surface area contributed by atoms with E-state index in [9.17, 15) is 4.79 Å². The van der Waals surface area contributed by atoms with Crippen molar-refractivity contribution in [1.29, 1.82) is 0 Å². The van der Waals surface area contributed by atoms with E-state index in [1.54, 1.807) is 17.1 Å². The third kappa shape index (κ3) is 3.71. The second-order valence-corrected chi connectivity index (χ2v) is 5.79. The molecule has 0 saturated carbocycles. The molecule has 0 aliphatic carbocycles. The molecule has 0 aromatic carbocycles. The van der Waals surface area contributed by atoms with E-state index in [1.165, 1.54) is 0 Å². The largest absolute Gasteiger partial charge is 0.444 e. The minimum absolute atomic E-state index is 0.0565. The molecule has 5 nitrogen and oxygen atoms in total. The van der Waals surface area contributed by atoms with Crippen molar-refractivity contribution in [2.24, 2.45) is 0 Å². The first-order valence-corrected chi connectivity index (χ1v) is 6.11. The molecule has 18 heavy (non-hydrogen) atoms. The number of rotatable bonds is 2. The highest BCUT2D eigenvalue weighted by Crippen LogP contribution is 2.29. The number of carbonyl (C=O) groups excluding carboxylic acids is 1. The molecule has 0 unspecified atom stereocenters. The van der Waals surface area contributed by atoms with Gasteiger partial charge in [0.1, 0.15) is 11.3 Å². The topological polar surface area (TPSA) is 59.0 Å². The van der Waals surface area contributed by atoms with Gasteiger partial charge in [0.2, 0.25) is 0 Å². The van der Waals surface area contributed by atoms with Crippen LogP contribution in [0.15, 0.2) is 12.2 Å². The maximum absolute atomic E-state index is 12.2. The lowest BCUT2D eigenvalue weighted by atomic mass is 10.2. The summed E-state index contributed by atoms with van der Waals surface area (Å²) in [5.74, 6) is 0. The molecule has 1 aliphatic heterocycles. The summed E-state index contributed by atoms with van der Waals surface area (Å²) in [7, 11) is 0. The molecule has 1 atom stereocenters. The Morgan fingerprint density at radius 2 is 2.17 bits per heavy atom. The van der Waals surface area contributed by atoms with E-state index in [1.807, 2.05) is 34.6 Å². The summed E-state index contributed by atoms with van der Waals surface area (Å²) in [6.45, 7) is 9.48. The van der Waals surface area contributed by atoms with E-state index in [2.05, 4.69) is 0 Å². The molecular weight excluding hydrogens is 234 g/mol. The molecule has 1 aliphatic rings. The normalized spacial score (nSPS) is 23.7. The van der Waals surface area contributed by atoms with E-state index in [-0.39, 0.29) is 12.6 Å². The van der Waals surface area contributed by atoms with Crippen molar-refractivity contribution in [1.82, 2.24) is 4.90 Å². The fourth-order valence-corrected chi connectivity index (χ4v) is 1.86. The maximum Gasteiger partial charge on any atom is 0.413 e. The van der Waals surface area contributed by atoms with Crippen molar-refractivity contribution < 1.29 is 19.4 Å². The Labute approximate surface area is 108 Å². The standard InChI is InChI=1S/C13H23NO4/c1-12(2,3)18-11(16)14-10(7-6-8-15)9-17-13(14,4)5/h6-7,10,15H,8-9H2,1-5H3/b7-6-/t10-/m1/s1. The maximum atomic E-state index is 12.2. The van der Waals surface area contributed by atoms with Gasteiger partial charge in [0, 0.05) is 0 Å². The summed E-state index contributed by atoms with van der Waals surface area (Å²) in [4.78, 5) is 13.7. The molecule has 1 amide bonds. The van der Waals surface area contributed by atoms with Crippen LogP contribution in [-0.4, -0.2) is 46.7 Å². The minimum atomic E-state index is -0.702. The van der Waals surface area contributed by atoms with Crippen molar-refractivity contribution >= 4 is 6.09 Å². The Hall–Kier alpha value is -1.07. The van der Waals surface area contributed by atoms with Crippen LogP contribution in [0, 0.1) is 0 Å². The van der Waals surface area contributed by atoms with E-state index >= 15 is 0 Å². The average Bonchev–Trinajstić information content (AvgIpc) is 2.48. The summed E-state index contributed by atoms with van der Waals surface area (Å²) in [6.07, 6.45) is 2.96. The lowest BCUT2D eigenvalue weighted by Crippen LogP contribution is -2.49. The zero-order valence-corrected chi connectivity index (χ0v) is 11.8. The van der Waals surface area contributed by atoms with Gasteiger partial charge in [0.15, 0.2) is 0 Å². The van der Waals surface area contributed by atoms with Gasteiger partial charge in [-0.3, -0.25) is 4.90 Å². The first-order chi connectivity index (χ1) is 8.17. The smallest absolute Gasteiger partial charge is 0.413 e. The molecule has 5 heteroatoms. The van der Waals surface area contributed by atoms with Gasteiger partial charge in [-0.15, -0.1) is 0 Å². The molecular formula is C13H23NO4.